The summed E-state index contributed by atoms with van der Waals surface area (Å²) in [5.41, 5.74) is 5.38. The normalized spacial score (nSPS) is 14.4. The first-order valence-electron chi connectivity index (χ1n) is 14.0. The third-order valence-electron chi connectivity index (χ3n) is 7.65. The van der Waals surface area contributed by atoms with Gasteiger partial charge in [-0.3, -0.25) is 23.7 Å². The average molecular weight is 724 g/mol. The Labute approximate surface area is 276 Å². The number of hydrogen-bond donors (Lipinski definition) is 2. The van der Waals surface area contributed by atoms with Gasteiger partial charge in [0.2, 0.25) is 10.0 Å². The summed E-state index contributed by atoms with van der Waals surface area (Å²) >= 11 is 24.3. The van der Waals surface area contributed by atoms with Gasteiger partial charge in [0.1, 0.15) is 21.9 Å². The number of anilines is 2. The zero-order valence-corrected chi connectivity index (χ0v) is 27.7. The molecule has 0 bridgehead atoms. The van der Waals surface area contributed by atoms with Crippen LogP contribution in [0.4, 0.5) is 20.2 Å². The molecular weight excluding hydrogens is 696 g/mol. The Morgan fingerprint density at radius 1 is 0.733 bits per heavy atom. The van der Waals surface area contributed by atoms with E-state index in [1.165, 1.54) is 23.7 Å². The van der Waals surface area contributed by atoms with Crippen molar-refractivity contribution < 1.29 is 17.2 Å². The van der Waals surface area contributed by atoms with Gasteiger partial charge in [-0.15, -0.1) is 0 Å². The van der Waals surface area contributed by atoms with Crippen molar-refractivity contribution in [2.24, 2.45) is 0 Å². The topological polar surface area (TPSA) is 126 Å². The van der Waals surface area contributed by atoms with Gasteiger partial charge >= 0.3 is 0 Å². The molecule has 2 aliphatic heterocycles. The van der Waals surface area contributed by atoms with Gasteiger partial charge in [-0.05, 0) is 56.9 Å². The van der Waals surface area contributed by atoms with Crippen molar-refractivity contribution in [3.8, 4) is 22.3 Å². The number of nitrogen functional groups attached to an aromatic ring is 1. The molecule has 45 heavy (non-hydrogen) atoms. The third kappa shape index (κ3) is 6.37. The van der Waals surface area contributed by atoms with Crippen molar-refractivity contribution in [1.29, 1.82) is 0 Å². The SMILES string of the molecule is CCS(=O)(=O)Nc1cc(-c2c(Cl)n3n(c2=O)CCCC3)c(F)cc1Cl.Nc1cc(-c2c(Cl)n3n(c2=O)CCCC3)c(F)cc1Cl. The van der Waals surface area contributed by atoms with Crippen LogP contribution in [0.25, 0.3) is 22.3 Å². The molecule has 0 saturated heterocycles. The summed E-state index contributed by atoms with van der Waals surface area (Å²) in [7, 11) is -3.61. The van der Waals surface area contributed by atoms with Gasteiger partial charge in [0, 0.05) is 37.3 Å². The van der Waals surface area contributed by atoms with Crippen molar-refractivity contribution in [1.82, 2.24) is 18.7 Å². The summed E-state index contributed by atoms with van der Waals surface area (Å²) in [6.07, 6.45) is 3.56. The van der Waals surface area contributed by atoms with E-state index in [-0.39, 0.29) is 65.3 Å². The van der Waals surface area contributed by atoms with Gasteiger partial charge < -0.3 is 5.73 Å². The smallest absolute Gasteiger partial charge is 0.276 e. The van der Waals surface area contributed by atoms with Crippen LogP contribution in [-0.2, 0) is 36.2 Å². The van der Waals surface area contributed by atoms with Crippen LogP contribution in [0.3, 0.4) is 0 Å². The molecule has 3 N–H and O–H groups in total. The highest BCUT2D eigenvalue weighted by atomic mass is 35.5. The fraction of sp³-hybridized carbons (Fsp3) is 0.357. The molecule has 2 aromatic heterocycles. The molecule has 10 nitrogen and oxygen atoms in total. The first kappa shape index (κ1) is 33.4. The highest BCUT2D eigenvalue weighted by Gasteiger charge is 2.26. The summed E-state index contributed by atoms with van der Waals surface area (Å²) in [5, 5.41) is 0.399. The Kier molecular flexibility index (Phi) is 9.67. The van der Waals surface area contributed by atoms with Crippen molar-refractivity contribution in [3.05, 3.63) is 77.0 Å². The van der Waals surface area contributed by atoms with E-state index in [1.807, 2.05) is 0 Å². The van der Waals surface area contributed by atoms with Crippen LogP contribution in [0.5, 0.6) is 0 Å². The highest BCUT2D eigenvalue weighted by molar-refractivity contribution is 7.92. The Bertz CT molecular complexity index is 2040. The number of sulfonamides is 1. The quantitative estimate of drug-likeness (QED) is 0.229. The van der Waals surface area contributed by atoms with Gasteiger partial charge in [-0.25, -0.2) is 26.6 Å². The molecule has 0 radical (unpaired) electrons. The van der Waals surface area contributed by atoms with Crippen LogP contribution in [0.2, 0.25) is 20.4 Å². The molecule has 0 atom stereocenters. The summed E-state index contributed by atoms with van der Waals surface area (Å²) < 4.78 is 60.8. The lowest BCUT2D eigenvalue weighted by Gasteiger charge is -2.17. The summed E-state index contributed by atoms with van der Waals surface area (Å²) in [6, 6.07) is 4.64. The second kappa shape index (κ2) is 13.0. The standard InChI is InChI=1S/C15H16Cl2FN3O3S.C13H12Cl2FN3O/c1-2-25(23,24)19-12-7-9(11(18)8-10(12)16)13-14(17)20-5-3-4-6-21(20)15(13)22;14-8-6-9(16)7(5-10(8)17)11-12(15)18-3-1-2-4-19(18)13(11)20/h7-8,19H,2-6H2,1H3;5-6H,1-4,17H2. The van der Waals surface area contributed by atoms with Crippen LogP contribution in [0, 0.1) is 11.6 Å². The molecule has 6 rings (SSSR count). The number of aromatic nitrogens is 4. The fourth-order valence-corrected chi connectivity index (χ4v) is 7.09. The minimum absolute atomic E-state index is 0.00422. The monoisotopic (exact) mass is 722 g/mol. The minimum Gasteiger partial charge on any atom is -0.398 e. The predicted octanol–water partition coefficient (Wildman–Crippen LogP) is 6.46. The van der Waals surface area contributed by atoms with Crippen LogP contribution in [-0.4, -0.2) is 32.9 Å². The molecule has 0 spiro atoms. The van der Waals surface area contributed by atoms with E-state index in [4.69, 9.17) is 52.1 Å². The van der Waals surface area contributed by atoms with Gasteiger partial charge in [0.25, 0.3) is 11.1 Å². The van der Waals surface area contributed by atoms with Gasteiger partial charge in [-0.2, -0.15) is 0 Å². The van der Waals surface area contributed by atoms with E-state index in [9.17, 15) is 26.8 Å². The van der Waals surface area contributed by atoms with E-state index in [0.29, 0.717) is 26.2 Å². The number of hydrogen-bond acceptors (Lipinski definition) is 5. The molecule has 4 aromatic rings. The zero-order chi connectivity index (χ0) is 32.8. The molecular formula is C28H28Cl4F2N6O4S. The molecule has 0 fully saturated rings. The molecule has 4 heterocycles. The number of fused-ring (bicyclic) bond motifs is 2. The average Bonchev–Trinajstić information content (AvgIpc) is 3.41. The summed E-state index contributed by atoms with van der Waals surface area (Å²) in [4.78, 5) is 25.0. The maximum Gasteiger partial charge on any atom is 0.276 e. The maximum atomic E-state index is 14.5. The summed E-state index contributed by atoms with van der Waals surface area (Å²) in [5.74, 6) is -1.52. The molecule has 17 heteroatoms. The van der Waals surface area contributed by atoms with E-state index in [0.717, 1.165) is 37.8 Å². The molecule has 0 saturated carbocycles. The Morgan fingerprint density at radius 3 is 1.60 bits per heavy atom. The number of rotatable bonds is 5. The zero-order valence-electron chi connectivity index (χ0n) is 23.8. The van der Waals surface area contributed by atoms with E-state index in [1.54, 1.807) is 14.0 Å². The van der Waals surface area contributed by atoms with Crippen molar-refractivity contribution in [2.45, 2.75) is 58.8 Å². The van der Waals surface area contributed by atoms with Crippen LogP contribution in [0.15, 0.2) is 33.9 Å². The lowest BCUT2D eigenvalue weighted by atomic mass is 10.1. The molecule has 2 aliphatic rings. The summed E-state index contributed by atoms with van der Waals surface area (Å²) in [6.45, 7) is 3.77. The van der Waals surface area contributed by atoms with Gasteiger partial charge in [-0.1, -0.05) is 46.4 Å². The lowest BCUT2D eigenvalue weighted by Crippen LogP contribution is -2.27. The molecule has 0 amide bonds. The highest BCUT2D eigenvalue weighted by Crippen LogP contribution is 2.36. The Morgan fingerprint density at radius 2 is 1.16 bits per heavy atom. The number of halogens is 6. The second-order valence-corrected chi connectivity index (χ2v) is 14.1. The third-order valence-corrected chi connectivity index (χ3v) is 10.4. The van der Waals surface area contributed by atoms with Crippen molar-refractivity contribution in [2.75, 3.05) is 16.2 Å². The van der Waals surface area contributed by atoms with Crippen LogP contribution in [0.1, 0.15) is 32.6 Å². The van der Waals surface area contributed by atoms with E-state index >= 15 is 0 Å². The number of nitrogens with two attached hydrogens (primary N) is 1. The second-order valence-electron chi connectivity index (χ2n) is 10.5. The van der Waals surface area contributed by atoms with Crippen LogP contribution < -0.4 is 21.6 Å². The lowest BCUT2D eigenvalue weighted by molar-refractivity contribution is 0.356. The predicted molar refractivity (Wildman–Crippen MR) is 174 cm³/mol. The molecule has 0 unspecified atom stereocenters. The minimum atomic E-state index is -3.61. The maximum absolute atomic E-state index is 14.5. The molecule has 242 valence electrons. The first-order chi connectivity index (χ1) is 21.3. The Hall–Kier alpha value is -2.97. The first-order valence-corrected chi connectivity index (χ1v) is 17.1. The molecule has 2 aromatic carbocycles. The van der Waals surface area contributed by atoms with Gasteiger partial charge in [0.15, 0.2) is 0 Å². The number of nitrogens with zero attached hydrogens (tertiary/aromatic N) is 4. The van der Waals surface area contributed by atoms with Crippen LogP contribution >= 0.6 is 46.4 Å². The largest absolute Gasteiger partial charge is 0.398 e. The van der Waals surface area contributed by atoms with Crippen molar-refractivity contribution in [3.63, 3.8) is 0 Å². The van der Waals surface area contributed by atoms with Crippen molar-refractivity contribution >= 4 is 67.8 Å². The van der Waals surface area contributed by atoms with E-state index in [2.05, 4.69) is 4.72 Å². The number of benzene rings is 2. The van der Waals surface area contributed by atoms with E-state index < -0.39 is 27.2 Å². The van der Waals surface area contributed by atoms with Gasteiger partial charge in [0.05, 0.1) is 38.3 Å². The Balaban J connectivity index is 0.000000182. The fourth-order valence-electron chi connectivity index (χ4n) is 5.32. The number of nitrogens with one attached hydrogen (secondary N) is 1. The molecule has 0 aliphatic carbocycles.